The fraction of sp³-hybridized carbons (Fsp3) is 0.429. The quantitative estimate of drug-likeness (QED) is 0.380. The van der Waals surface area contributed by atoms with Gasteiger partial charge in [-0.1, -0.05) is 6.58 Å². The van der Waals surface area contributed by atoms with Gasteiger partial charge in [-0.3, -0.25) is 4.89 Å². The third-order valence-electron chi connectivity index (χ3n) is 0.718. The second-order valence-corrected chi connectivity index (χ2v) is 1.91. The van der Waals surface area contributed by atoms with Crippen LogP contribution in [0.25, 0.3) is 0 Å². The molecule has 0 fully saturated rings. The molecule has 0 bridgehead atoms. The molecule has 0 heterocycles. The molecule has 0 aliphatic carbocycles. The zero-order valence-corrected chi connectivity index (χ0v) is 7.57. The minimum Gasteiger partial charge on any atom is -0.450 e. The molecule has 1 amide bonds. The first-order valence-electron chi connectivity index (χ1n) is 3.39. The molecule has 76 valence electrons. The van der Waals surface area contributed by atoms with Crippen LogP contribution in [0.3, 0.4) is 0 Å². The third-order valence-corrected chi connectivity index (χ3v) is 0.718. The van der Waals surface area contributed by atoms with Gasteiger partial charge < -0.3 is 10.5 Å². The number of primary amides is 1. The Hall–Kier alpha value is -1.56. The first-order valence-corrected chi connectivity index (χ1v) is 3.39. The Balaban J connectivity index is 0. The number of hydrogen-bond acceptors (Lipinski definition) is 5. The lowest BCUT2D eigenvalue weighted by molar-refractivity contribution is -0.229. The van der Waals surface area contributed by atoms with Crippen LogP contribution >= 0.6 is 0 Å². The van der Waals surface area contributed by atoms with Crippen LogP contribution in [0.1, 0.15) is 13.8 Å². The average molecular weight is 191 g/mol. The molecular formula is C7H13NO5. The summed E-state index contributed by atoms with van der Waals surface area (Å²) in [6, 6.07) is 0. The van der Waals surface area contributed by atoms with E-state index in [1.54, 1.807) is 6.92 Å². The second kappa shape index (κ2) is 8.54. The summed E-state index contributed by atoms with van der Waals surface area (Å²) in [5.41, 5.74) is 4.72. The van der Waals surface area contributed by atoms with Crippen molar-refractivity contribution in [2.75, 3.05) is 6.61 Å². The number of ether oxygens (including phenoxy) is 1. The first kappa shape index (κ1) is 14.0. The number of rotatable bonds is 2. The summed E-state index contributed by atoms with van der Waals surface area (Å²) in [7, 11) is 0. The molecule has 0 spiro atoms. The molecule has 0 aromatic heterocycles. The number of nitrogens with two attached hydrogens (primary N) is 1. The van der Waals surface area contributed by atoms with Crippen molar-refractivity contribution in [1.29, 1.82) is 0 Å². The van der Waals surface area contributed by atoms with Crippen LogP contribution in [0.15, 0.2) is 12.2 Å². The molecule has 0 unspecified atom stereocenters. The second-order valence-electron chi connectivity index (χ2n) is 1.91. The van der Waals surface area contributed by atoms with Crippen LogP contribution < -0.4 is 5.73 Å². The Morgan fingerprint density at radius 1 is 1.54 bits per heavy atom. The average Bonchev–Trinajstić information content (AvgIpc) is 2.03. The van der Waals surface area contributed by atoms with Crippen molar-refractivity contribution in [3.63, 3.8) is 0 Å². The van der Waals surface area contributed by atoms with Crippen LogP contribution in [0.2, 0.25) is 0 Å². The minimum atomic E-state index is -0.792. The van der Waals surface area contributed by atoms with E-state index in [-0.39, 0.29) is 5.57 Å². The maximum absolute atomic E-state index is 9.94. The summed E-state index contributed by atoms with van der Waals surface area (Å²) in [4.78, 5) is 22.8. The van der Waals surface area contributed by atoms with Crippen molar-refractivity contribution in [1.82, 2.24) is 0 Å². The summed E-state index contributed by atoms with van der Waals surface area (Å²) >= 11 is 0. The van der Waals surface area contributed by atoms with Crippen molar-refractivity contribution < 1.29 is 24.5 Å². The van der Waals surface area contributed by atoms with Crippen LogP contribution in [-0.4, -0.2) is 23.9 Å². The van der Waals surface area contributed by atoms with Crippen molar-refractivity contribution in [3.8, 4) is 0 Å². The lowest BCUT2D eigenvalue weighted by atomic mass is 10.4. The number of hydrogen-bond donors (Lipinski definition) is 2. The van der Waals surface area contributed by atoms with Gasteiger partial charge in [0.1, 0.15) is 0 Å². The highest BCUT2D eigenvalue weighted by Crippen LogP contribution is 1.86. The van der Waals surface area contributed by atoms with E-state index in [2.05, 4.69) is 21.9 Å². The summed E-state index contributed by atoms with van der Waals surface area (Å²) in [6.45, 7) is 6.69. The summed E-state index contributed by atoms with van der Waals surface area (Å²) in [5.74, 6) is -0.792. The van der Waals surface area contributed by atoms with E-state index in [4.69, 9.17) is 5.26 Å². The van der Waals surface area contributed by atoms with E-state index >= 15 is 0 Å². The Morgan fingerprint density at radius 3 is 2.00 bits per heavy atom. The van der Waals surface area contributed by atoms with E-state index in [1.807, 2.05) is 0 Å². The van der Waals surface area contributed by atoms with Gasteiger partial charge in [0.15, 0.2) is 0 Å². The molecule has 6 heteroatoms. The van der Waals surface area contributed by atoms with Gasteiger partial charge in [0.25, 0.3) is 0 Å². The lowest BCUT2D eigenvalue weighted by Gasteiger charge is -1.89. The topological polar surface area (TPSA) is 98.8 Å². The molecule has 0 saturated heterocycles. The highest BCUT2D eigenvalue weighted by molar-refractivity contribution is 5.86. The molecule has 0 radical (unpaired) electrons. The molecule has 6 nitrogen and oxygen atoms in total. The number of carbonyl (C=O) groups is 2. The van der Waals surface area contributed by atoms with Gasteiger partial charge in [-0.25, -0.2) is 9.59 Å². The predicted octanol–water partition coefficient (Wildman–Crippen LogP) is 0.680. The molecule has 0 aromatic carbocycles. The molecule has 0 aliphatic heterocycles. The van der Waals surface area contributed by atoms with Gasteiger partial charge >= 0.3 is 12.1 Å². The molecule has 0 aromatic rings. The number of carbonyl (C=O) groups excluding carboxylic acids is 2. The van der Waals surface area contributed by atoms with Crippen LogP contribution in [0.5, 0.6) is 0 Å². The molecule has 13 heavy (non-hydrogen) atoms. The Kier molecular flexibility index (Phi) is 9.19. The van der Waals surface area contributed by atoms with E-state index < -0.39 is 12.1 Å². The zero-order valence-electron chi connectivity index (χ0n) is 7.57. The van der Waals surface area contributed by atoms with Crippen molar-refractivity contribution in [3.05, 3.63) is 12.2 Å². The van der Waals surface area contributed by atoms with E-state index in [0.29, 0.717) is 6.61 Å². The predicted molar refractivity (Wildman–Crippen MR) is 44.7 cm³/mol. The fourth-order valence-corrected chi connectivity index (χ4v) is 0.220. The summed E-state index contributed by atoms with van der Waals surface area (Å²) in [6.07, 6.45) is -0.711. The maximum Gasteiger partial charge on any atom is 0.404 e. The van der Waals surface area contributed by atoms with Crippen molar-refractivity contribution in [2.24, 2.45) is 5.73 Å². The van der Waals surface area contributed by atoms with E-state index in [1.165, 1.54) is 6.92 Å². The maximum atomic E-state index is 9.94. The van der Waals surface area contributed by atoms with Crippen LogP contribution in [0.4, 0.5) is 4.79 Å². The molecule has 0 atom stereocenters. The molecule has 0 rings (SSSR count). The number of amides is 1. The Morgan fingerprint density at radius 2 is 2.00 bits per heavy atom. The van der Waals surface area contributed by atoms with Gasteiger partial charge in [0.2, 0.25) is 0 Å². The Labute approximate surface area is 75.9 Å². The van der Waals surface area contributed by atoms with Gasteiger partial charge in [0.05, 0.1) is 6.61 Å². The normalized spacial score (nSPS) is 7.62. The SMILES string of the molecule is C=C(C)C(=O)OO.CCOC(N)=O. The largest absolute Gasteiger partial charge is 0.450 e. The molecule has 0 saturated carbocycles. The fourth-order valence-electron chi connectivity index (χ4n) is 0.220. The highest BCUT2D eigenvalue weighted by atomic mass is 17.1. The monoisotopic (exact) mass is 191 g/mol. The van der Waals surface area contributed by atoms with Crippen molar-refractivity contribution in [2.45, 2.75) is 13.8 Å². The smallest absolute Gasteiger partial charge is 0.404 e. The lowest BCUT2D eigenvalue weighted by Crippen LogP contribution is -2.11. The van der Waals surface area contributed by atoms with Gasteiger partial charge in [-0.05, 0) is 13.8 Å². The standard InChI is InChI=1S/C4H6O3.C3H7NO2/c1-3(2)4(5)7-6;1-2-6-3(4)5/h6H,1H2,2H3;2H2,1H3,(H2,4,5). The van der Waals surface area contributed by atoms with Crippen LogP contribution in [-0.2, 0) is 14.4 Å². The van der Waals surface area contributed by atoms with Crippen LogP contribution in [0, 0.1) is 0 Å². The third kappa shape index (κ3) is 13.4. The molecule has 3 N–H and O–H groups in total. The Bertz CT molecular complexity index is 189. The molecule has 0 aliphatic rings. The highest BCUT2D eigenvalue weighted by Gasteiger charge is 1.98. The van der Waals surface area contributed by atoms with Crippen molar-refractivity contribution >= 4 is 12.1 Å². The van der Waals surface area contributed by atoms with Gasteiger partial charge in [-0.2, -0.15) is 5.26 Å². The molecular weight excluding hydrogens is 178 g/mol. The minimum absolute atomic E-state index is 0.183. The van der Waals surface area contributed by atoms with Gasteiger partial charge in [0, 0.05) is 5.57 Å². The zero-order chi connectivity index (χ0) is 10.9. The van der Waals surface area contributed by atoms with Gasteiger partial charge in [-0.15, -0.1) is 0 Å². The van der Waals surface area contributed by atoms with E-state index in [0.717, 1.165) is 0 Å². The summed E-state index contributed by atoms with van der Waals surface area (Å²) in [5, 5.41) is 7.59. The summed E-state index contributed by atoms with van der Waals surface area (Å²) < 4.78 is 4.18. The van der Waals surface area contributed by atoms with E-state index in [9.17, 15) is 9.59 Å². The first-order chi connectivity index (χ1) is 5.95.